The van der Waals surface area contributed by atoms with Gasteiger partial charge in [0.05, 0.1) is 30.0 Å². The van der Waals surface area contributed by atoms with Gasteiger partial charge in [-0.05, 0) is 60.1 Å². The zero-order valence-electron chi connectivity index (χ0n) is 14.8. The van der Waals surface area contributed by atoms with Crippen LogP contribution in [-0.4, -0.2) is 38.4 Å². The van der Waals surface area contributed by atoms with Gasteiger partial charge in [0.1, 0.15) is 0 Å². The minimum atomic E-state index is -0.130. The van der Waals surface area contributed by atoms with Gasteiger partial charge in [0, 0.05) is 6.04 Å². The van der Waals surface area contributed by atoms with Crippen LogP contribution in [0.1, 0.15) is 44.6 Å². The van der Waals surface area contributed by atoms with E-state index in [1.807, 2.05) is 19.1 Å². The Morgan fingerprint density at radius 2 is 2.12 bits per heavy atom. The molecule has 0 unspecified atom stereocenters. The quantitative estimate of drug-likeness (QED) is 0.356. The highest BCUT2D eigenvalue weighted by molar-refractivity contribution is 14.1. The van der Waals surface area contributed by atoms with Gasteiger partial charge in [-0.1, -0.05) is 19.3 Å². The maximum atomic E-state index is 11.9. The monoisotopic (exact) mass is 459 g/mol. The topological polar surface area (TPSA) is 72.0 Å². The summed E-state index contributed by atoms with van der Waals surface area (Å²) >= 11 is 2.19. The van der Waals surface area contributed by atoms with E-state index in [4.69, 9.17) is 9.47 Å². The van der Waals surface area contributed by atoms with Crippen molar-refractivity contribution in [1.82, 2.24) is 10.7 Å². The van der Waals surface area contributed by atoms with Crippen LogP contribution in [0.5, 0.6) is 11.5 Å². The summed E-state index contributed by atoms with van der Waals surface area (Å²) in [5, 5.41) is 7.34. The standard InChI is InChI=1S/C18H26IN3O3/c1-3-25-16-10-13(9-15(19)18(16)24-2)11-21-22-17(23)12-20-14-7-5-4-6-8-14/h9-11,14,20H,3-8,12H2,1-2H3,(H,22,23)/b21-11-. The Kier molecular flexibility index (Phi) is 8.47. The van der Waals surface area contributed by atoms with Gasteiger partial charge in [0.15, 0.2) is 11.5 Å². The Morgan fingerprint density at radius 3 is 2.80 bits per heavy atom. The van der Waals surface area contributed by atoms with Gasteiger partial charge in [-0.2, -0.15) is 5.10 Å². The van der Waals surface area contributed by atoms with Crippen LogP contribution in [0.4, 0.5) is 0 Å². The highest BCUT2D eigenvalue weighted by Gasteiger charge is 2.13. The molecular formula is C18H26IN3O3. The molecule has 0 bridgehead atoms. The molecule has 0 saturated heterocycles. The largest absolute Gasteiger partial charge is 0.492 e. The van der Waals surface area contributed by atoms with Gasteiger partial charge >= 0.3 is 0 Å². The van der Waals surface area contributed by atoms with Crippen LogP contribution in [-0.2, 0) is 4.79 Å². The minimum Gasteiger partial charge on any atom is -0.492 e. The molecule has 1 fully saturated rings. The van der Waals surface area contributed by atoms with E-state index in [9.17, 15) is 4.79 Å². The molecule has 0 heterocycles. The average Bonchev–Trinajstić information content (AvgIpc) is 2.61. The molecule has 2 N–H and O–H groups in total. The van der Waals surface area contributed by atoms with Crippen molar-refractivity contribution in [3.05, 3.63) is 21.3 Å². The number of amides is 1. The molecule has 0 radical (unpaired) electrons. The van der Waals surface area contributed by atoms with Crippen molar-refractivity contribution in [2.45, 2.75) is 45.1 Å². The zero-order chi connectivity index (χ0) is 18.1. The van der Waals surface area contributed by atoms with Gasteiger partial charge in [-0.15, -0.1) is 0 Å². The number of halogens is 1. The van der Waals surface area contributed by atoms with Crippen LogP contribution in [0.3, 0.4) is 0 Å². The van der Waals surface area contributed by atoms with Crippen molar-refractivity contribution < 1.29 is 14.3 Å². The average molecular weight is 459 g/mol. The Morgan fingerprint density at radius 1 is 1.36 bits per heavy atom. The summed E-state index contributed by atoms with van der Waals surface area (Å²) in [6, 6.07) is 4.23. The Balaban J connectivity index is 1.87. The number of hydrazone groups is 1. The highest BCUT2D eigenvalue weighted by Crippen LogP contribution is 2.33. The number of carbonyl (C=O) groups excluding carboxylic acids is 1. The van der Waals surface area contributed by atoms with Crippen LogP contribution in [0, 0.1) is 3.57 Å². The number of nitrogens with zero attached hydrogens (tertiary/aromatic N) is 1. The van der Waals surface area contributed by atoms with Crippen LogP contribution in [0.15, 0.2) is 17.2 Å². The van der Waals surface area contributed by atoms with Gasteiger partial charge in [0.2, 0.25) is 0 Å². The lowest BCUT2D eigenvalue weighted by atomic mass is 9.95. The van der Waals surface area contributed by atoms with E-state index < -0.39 is 0 Å². The molecule has 0 atom stereocenters. The fourth-order valence-electron chi connectivity index (χ4n) is 2.89. The number of methoxy groups -OCH3 is 1. The normalized spacial score (nSPS) is 15.3. The number of rotatable bonds is 8. The first-order valence-electron chi connectivity index (χ1n) is 8.69. The summed E-state index contributed by atoms with van der Waals surface area (Å²) < 4.78 is 11.9. The first-order chi connectivity index (χ1) is 12.1. The number of nitrogens with one attached hydrogen (secondary N) is 2. The predicted molar refractivity (Wildman–Crippen MR) is 107 cm³/mol. The summed E-state index contributed by atoms with van der Waals surface area (Å²) in [5.41, 5.74) is 3.41. The molecule has 6 nitrogen and oxygen atoms in total. The fourth-order valence-corrected chi connectivity index (χ4v) is 3.73. The molecule has 138 valence electrons. The van der Waals surface area contributed by atoms with Crippen LogP contribution >= 0.6 is 22.6 Å². The van der Waals surface area contributed by atoms with E-state index in [0.717, 1.165) is 22.0 Å². The molecule has 0 spiro atoms. The van der Waals surface area contributed by atoms with Crippen LogP contribution < -0.4 is 20.2 Å². The van der Waals surface area contributed by atoms with Crippen molar-refractivity contribution in [2.75, 3.05) is 20.3 Å². The van der Waals surface area contributed by atoms with E-state index in [0.29, 0.717) is 30.7 Å². The van der Waals surface area contributed by atoms with Gasteiger partial charge in [-0.25, -0.2) is 5.43 Å². The first kappa shape index (κ1) is 20.0. The van der Waals surface area contributed by atoms with Crippen LogP contribution in [0.25, 0.3) is 0 Å². The third kappa shape index (κ3) is 6.47. The summed E-state index contributed by atoms with van der Waals surface area (Å²) in [4.78, 5) is 11.9. The maximum absolute atomic E-state index is 11.9. The maximum Gasteiger partial charge on any atom is 0.254 e. The van der Waals surface area contributed by atoms with Gasteiger partial charge in [-0.3, -0.25) is 4.79 Å². The van der Waals surface area contributed by atoms with Crippen molar-refractivity contribution >= 4 is 34.7 Å². The minimum absolute atomic E-state index is 0.130. The highest BCUT2D eigenvalue weighted by atomic mass is 127. The molecule has 0 aliphatic heterocycles. The number of ether oxygens (including phenoxy) is 2. The van der Waals surface area contributed by atoms with Crippen molar-refractivity contribution in [1.29, 1.82) is 0 Å². The summed E-state index contributed by atoms with van der Waals surface area (Å²) in [6.45, 7) is 2.77. The number of hydrogen-bond donors (Lipinski definition) is 2. The summed E-state index contributed by atoms with van der Waals surface area (Å²) in [6.07, 6.45) is 7.72. The van der Waals surface area contributed by atoms with E-state index in [1.165, 1.54) is 19.3 Å². The van der Waals surface area contributed by atoms with Crippen molar-refractivity contribution in [3.63, 3.8) is 0 Å². The number of carbonyl (C=O) groups is 1. The molecule has 25 heavy (non-hydrogen) atoms. The SMILES string of the molecule is CCOc1cc(/C=N\NC(=O)CNC2CCCCC2)cc(I)c1OC. The second kappa shape index (κ2) is 10.6. The summed E-state index contributed by atoms with van der Waals surface area (Å²) in [7, 11) is 1.62. The van der Waals surface area contributed by atoms with Crippen molar-refractivity contribution in [3.8, 4) is 11.5 Å². The Bertz CT molecular complexity index is 601. The Labute approximate surface area is 162 Å². The Hall–Kier alpha value is -1.35. The lowest BCUT2D eigenvalue weighted by Gasteiger charge is -2.22. The van der Waals surface area contributed by atoms with E-state index in [1.54, 1.807) is 13.3 Å². The first-order valence-corrected chi connectivity index (χ1v) is 9.77. The van der Waals surface area contributed by atoms with Crippen molar-refractivity contribution in [2.24, 2.45) is 5.10 Å². The molecule has 1 aromatic rings. The van der Waals surface area contributed by atoms with Gasteiger partial charge in [0.25, 0.3) is 5.91 Å². The van der Waals surface area contributed by atoms with E-state index >= 15 is 0 Å². The molecular weight excluding hydrogens is 433 g/mol. The second-order valence-corrected chi connectivity index (χ2v) is 7.14. The van der Waals surface area contributed by atoms with Crippen LogP contribution in [0.2, 0.25) is 0 Å². The number of hydrogen-bond acceptors (Lipinski definition) is 5. The molecule has 1 aliphatic rings. The second-order valence-electron chi connectivity index (χ2n) is 5.98. The zero-order valence-corrected chi connectivity index (χ0v) is 17.0. The smallest absolute Gasteiger partial charge is 0.254 e. The molecule has 2 rings (SSSR count). The van der Waals surface area contributed by atoms with E-state index in [2.05, 4.69) is 38.4 Å². The lowest BCUT2D eigenvalue weighted by Crippen LogP contribution is -2.38. The molecule has 7 heteroatoms. The lowest BCUT2D eigenvalue weighted by molar-refractivity contribution is -0.120. The third-order valence-electron chi connectivity index (χ3n) is 4.10. The van der Waals surface area contributed by atoms with E-state index in [-0.39, 0.29) is 5.91 Å². The molecule has 1 amide bonds. The number of benzene rings is 1. The predicted octanol–water partition coefficient (Wildman–Crippen LogP) is 3.07. The molecule has 1 aliphatic carbocycles. The third-order valence-corrected chi connectivity index (χ3v) is 4.90. The molecule has 1 saturated carbocycles. The summed E-state index contributed by atoms with van der Waals surface area (Å²) in [5.74, 6) is 1.25. The van der Waals surface area contributed by atoms with Gasteiger partial charge < -0.3 is 14.8 Å². The fraction of sp³-hybridized carbons (Fsp3) is 0.556. The molecule has 0 aromatic heterocycles. The molecule has 1 aromatic carbocycles.